The van der Waals surface area contributed by atoms with E-state index in [9.17, 15) is 9.90 Å². The molecule has 18 heavy (non-hydrogen) atoms. The number of nitrogens with one attached hydrogen (secondary N) is 1. The number of aliphatic imine (C=N–C) groups is 1. The number of rotatable bonds is 2. The number of carbonyl (C=O) groups is 1. The normalized spacial score (nSPS) is 19.3. The first-order valence-corrected chi connectivity index (χ1v) is 5.93. The Bertz CT molecular complexity index is 445. The van der Waals surface area contributed by atoms with Crippen LogP contribution < -0.4 is 5.32 Å². The van der Waals surface area contributed by atoms with Crippen LogP contribution in [0.1, 0.15) is 18.4 Å². The standard InChI is InChI=1S/C13H17N3O2/c1-10(18)15-13-14-7-12(8-16(13)9-17)11-5-3-2-4-6-11/h2-6,12,17H,7-9H2,1H3,(H,14,15,18). The van der Waals surface area contributed by atoms with Crippen LogP contribution in [-0.2, 0) is 4.79 Å². The molecule has 96 valence electrons. The smallest absolute Gasteiger partial charge is 0.223 e. The molecule has 0 radical (unpaired) electrons. The first-order valence-electron chi connectivity index (χ1n) is 5.93. The van der Waals surface area contributed by atoms with Crippen molar-refractivity contribution in [1.29, 1.82) is 0 Å². The summed E-state index contributed by atoms with van der Waals surface area (Å²) in [6.07, 6.45) is 0. The zero-order valence-corrected chi connectivity index (χ0v) is 10.3. The van der Waals surface area contributed by atoms with Crippen LogP contribution in [0, 0.1) is 0 Å². The lowest BCUT2D eigenvalue weighted by atomic mass is 9.98. The quantitative estimate of drug-likeness (QED) is 0.801. The summed E-state index contributed by atoms with van der Waals surface area (Å²) < 4.78 is 0. The van der Waals surface area contributed by atoms with E-state index in [-0.39, 0.29) is 18.6 Å². The number of hydrogen-bond acceptors (Lipinski definition) is 4. The van der Waals surface area contributed by atoms with Gasteiger partial charge in [0.1, 0.15) is 6.73 Å². The summed E-state index contributed by atoms with van der Waals surface area (Å²) in [7, 11) is 0. The highest BCUT2D eigenvalue weighted by atomic mass is 16.3. The van der Waals surface area contributed by atoms with Crippen molar-refractivity contribution in [2.24, 2.45) is 4.99 Å². The Balaban J connectivity index is 2.12. The van der Waals surface area contributed by atoms with Crippen LogP contribution in [0.15, 0.2) is 35.3 Å². The van der Waals surface area contributed by atoms with Crippen LogP contribution in [0.3, 0.4) is 0 Å². The predicted octanol–water partition coefficient (Wildman–Crippen LogP) is 0.528. The molecule has 0 saturated heterocycles. The van der Waals surface area contributed by atoms with Crippen LogP contribution in [0.2, 0.25) is 0 Å². The van der Waals surface area contributed by atoms with Crippen LogP contribution in [0.4, 0.5) is 0 Å². The van der Waals surface area contributed by atoms with E-state index in [0.29, 0.717) is 19.0 Å². The SMILES string of the molecule is CC(=O)NC1=NCC(c2ccccc2)CN1CO. The van der Waals surface area contributed by atoms with Gasteiger partial charge in [-0.2, -0.15) is 0 Å². The fraction of sp³-hybridized carbons (Fsp3) is 0.385. The summed E-state index contributed by atoms with van der Waals surface area (Å²) in [4.78, 5) is 17.0. The van der Waals surface area contributed by atoms with Gasteiger partial charge in [-0.1, -0.05) is 30.3 Å². The van der Waals surface area contributed by atoms with Crippen molar-refractivity contribution in [3.05, 3.63) is 35.9 Å². The number of carbonyl (C=O) groups excluding carboxylic acids is 1. The van der Waals surface area contributed by atoms with Crippen molar-refractivity contribution in [1.82, 2.24) is 10.2 Å². The van der Waals surface area contributed by atoms with Gasteiger partial charge in [0.25, 0.3) is 0 Å². The van der Waals surface area contributed by atoms with Crippen molar-refractivity contribution in [3.63, 3.8) is 0 Å². The lowest BCUT2D eigenvalue weighted by Gasteiger charge is -2.32. The summed E-state index contributed by atoms with van der Waals surface area (Å²) in [5.41, 5.74) is 1.20. The maximum Gasteiger partial charge on any atom is 0.223 e. The molecule has 0 fully saturated rings. The molecule has 0 spiro atoms. The molecule has 5 nitrogen and oxygen atoms in total. The number of amides is 1. The second kappa shape index (κ2) is 5.64. The lowest BCUT2D eigenvalue weighted by molar-refractivity contribution is -0.117. The van der Waals surface area contributed by atoms with E-state index in [0.717, 1.165) is 0 Å². The van der Waals surface area contributed by atoms with Crippen molar-refractivity contribution in [3.8, 4) is 0 Å². The summed E-state index contributed by atoms with van der Waals surface area (Å²) in [5.74, 6) is 0.526. The minimum absolute atomic E-state index is 0.150. The average Bonchev–Trinajstić information content (AvgIpc) is 2.39. The van der Waals surface area contributed by atoms with Crippen LogP contribution in [-0.4, -0.2) is 41.7 Å². The van der Waals surface area contributed by atoms with Crippen molar-refractivity contribution < 1.29 is 9.90 Å². The van der Waals surface area contributed by atoms with E-state index in [4.69, 9.17) is 0 Å². The zero-order chi connectivity index (χ0) is 13.0. The highest BCUT2D eigenvalue weighted by Gasteiger charge is 2.23. The van der Waals surface area contributed by atoms with Gasteiger partial charge in [-0.15, -0.1) is 0 Å². The fourth-order valence-corrected chi connectivity index (χ4v) is 2.04. The van der Waals surface area contributed by atoms with E-state index < -0.39 is 0 Å². The van der Waals surface area contributed by atoms with Gasteiger partial charge >= 0.3 is 0 Å². The third kappa shape index (κ3) is 2.87. The maximum atomic E-state index is 11.0. The molecular weight excluding hydrogens is 230 g/mol. The second-order valence-electron chi connectivity index (χ2n) is 4.32. The van der Waals surface area contributed by atoms with Gasteiger partial charge in [0.15, 0.2) is 0 Å². The zero-order valence-electron chi connectivity index (χ0n) is 10.3. The number of aliphatic hydroxyl groups excluding tert-OH is 1. The first kappa shape index (κ1) is 12.6. The Morgan fingerprint density at radius 1 is 1.50 bits per heavy atom. The monoisotopic (exact) mass is 247 g/mol. The van der Waals surface area contributed by atoms with Gasteiger partial charge in [-0.25, -0.2) is 0 Å². The molecular formula is C13H17N3O2. The Kier molecular flexibility index (Phi) is 3.94. The van der Waals surface area contributed by atoms with Crippen LogP contribution in [0.5, 0.6) is 0 Å². The topological polar surface area (TPSA) is 64.9 Å². The minimum atomic E-state index is -0.176. The summed E-state index contributed by atoms with van der Waals surface area (Å²) in [6.45, 7) is 2.56. The van der Waals surface area contributed by atoms with E-state index in [1.165, 1.54) is 12.5 Å². The highest BCUT2D eigenvalue weighted by molar-refractivity contribution is 5.96. The molecule has 1 amide bonds. The van der Waals surface area contributed by atoms with Crippen LogP contribution >= 0.6 is 0 Å². The highest BCUT2D eigenvalue weighted by Crippen LogP contribution is 2.20. The first-order chi connectivity index (χ1) is 8.70. The summed E-state index contributed by atoms with van der Waals surface area (Å²) in [6, 6.07) is 10.1. The van der Waals surface area contributed by atoms with Crippen molar-refractivity contribution in [2.45, 2.75) is 12.8 Å². The molecule has 2 rings (SSSR count). The van der Waals surface area contributed by atoms with E-state index in [1.54, 1.807) is 4.90 Å². The summed E-state index contributed by atoms with van der Waals surface area (Å²) >= 11 is 0. The summed E-state index contributed by atoms with van der Waals surface area (Å²) in [5, 5.41) is 12.0. The lowest BCUT2D eigenvalue weighted by Crippen LogP contribution is -2.48. The number of aliphatic hydroxyl groups is 1. The van der Waals surface area contributed by atoms with E-state index in [1.807, 2.05) is 18.2 Å². The molecule has 0 saturated carbocycles. The van der Waals surface area contributed by atoms with Crippen molar-refractivity contribution >= 4 is 11.9 Å². The molecule has 0 aromatic heterocycles. The molecule has 1 atom stereocenters. The van der Waals surface area contributed by atoms with Gasteiger partial charge in [0.2, 0.25) is 11.9 Å². The molecule has 1 aromatic carbocycles. The van der Waals surface area contributed by atoms with Gasteiger partial charge in [-0.3, -0.25) is 15.1 Å². The molecule has 5 heteroatoms. The fourth-order valence-electron chi connectivity index (χ4n) is 2.04. The Labute approximate surface area is 106 Å². The third-order valence-corrected chi connectivity index (χ3v) is 2.93. The Morgan fingerprint density at radius 3 is 2.83 bits per heavy atom. The van der Waals surface area contributed by atoms with E-state index >= 15 is 0 Å². The predicted molar refractivity (Wildman–Crippen MR) is 69.1 cm³/mol. The maximum absolute atomic E-state index is 11.0. The van der Waals surface area contributed by atoms with Crippen LogP contribution in [0.25, 0.3) is 0 Å². The number of guanidine groups is 1. The molecule has 2 N–H and O–H groups in total. The molecule has 0 bridgehead atoms. The average molecular weight is 247 g/mol. The van der Waals surface area contributed by atoms with Gasteiger partial charge in [0, 0.05) is 19.4 Å². The number of nitrogens with zero attached hydrogens (tertiary/aromatic N) is 2. The molecule has 1 unspecified atom stereocenters. The van der Waals surface area contributed by atoms with Gasteiger partial charge in [-0.05, 0) is 5.56 Å². The minimum Gasteiger partial charge on any atom is -0.376 e. The largest absolute Gasteiger partial charge is 0.376 e. The second-order valence-corrected chi connectivity index (χ2v) is 4.32. The Hall–Kier alpha value is -1.88. The molecule has 1 aromatic rings. The molecule has 1 heterocycles. The number of benzene rings is 1. The molecule has 0 aliphatic carbocycles. The van der Waals surface area contributed by atoms with Gasteiger partial charge < -0.3 is 10.0 Å². The Morgan fingerprint density at radius 2 is 2.22 bits per heavy atom. The molecule has 1 aliphatic rings. The van der Waals surface area contributed by atoms with E-state index in [2.05, 4.69) is 22.4 Å². The molecule has 1 aliphatic heterocycles. The van der Waals surface area contributed by atoms with Crippen molar-refractivity contribution in [2.75, 3.05) is 19.8 Å². The van der Waals surface area contributed by atoms with Gasteiger partial charge in [0.05, 0.1) is 6.54 Å². The third-order valence-electron chi connectivity index (χ3n) is 2.93. The number of hydrogen-bond donors (Lipinski definition) is 2.